The predicted octanol–water partition coefficient (Wildman–Crippen LogP) is 2.29. The fraction of sp³-hybridized carbons (Fsp3) is 0.615. The zero-order valence-electron chi connectivity index (χ0n) is 10.6. The molecule has 3 nitrogen and oxygen atoms in total. The Kier molecular flexibility index (Phi) is 4.54. The van der Waals surface area contributed by atoms with Crippen molar-refractivity contribution in [2.24, 2.45) is 0 Å². The summed E-state index contributed by atoms with van der Waals surface area (Å²) in [6.45, 7) is 11.3. The van der Waals surface area contributed by atoms with E-state index >= 15 is 0 Å². The van der Waals surface area contributed by atoms with Gasteiger partial charge in [-0.3, -0.25) is 4.90 Å². The van der Waals surface area contributed by atoms with Crippen LogP contribution in [0.5, 0.6) is 0 Å². The van der Waals surface area contributed by atoms with E-state index in [9.17, 15) is 0 Å². The van der Waals surface area contributed by atoms with E-state index in [0.717, 1.165) is 16.8 Å². The first-order valence-corrected chi connectivity index (χ1v) is 7.05. The third-order valence-electron chi connectivity index (χ3n) is 3.47. The Morgan fingerprint density at radius 3 is 2.41 bits per heavy atom. The van der Waals surface area contributed by atoms with Gasteiger partial charge in [0.25, 0.3) is 0 Å². The highest BCUT2D eigenvalue weighted by Crippen LogP contribution is 2.14. The number of halogens is 1. The lowest BCUT2D eigenvalue weighted by molar-refractivity contribution is 0.131. The molecule has 0 amide bonds. The maximum absolute atomic E-state index is 4.45. The standard InChI is InChI=1S/C13H20BrN3/c1-3-16-6-8-17(9-7-16)10-12-4-5-13(14)15-11(12)2/h4-5H,3,6-10H2,1-2H3. The Balaban J connectivity index is 1.93. The molecular weight excluding hydrogens is 278 g/mol. The normalized spacial score (nSPS) is 18.5. The molecule has 1 aromatic rings. The molecule has 17 heavy (non-hydrogen) atoms. The SMILES string of the molecule is CCN1CCN(Cc2ccc(Br)nc2C)CC1. The number of nitrogens with zero attached hydrogens (tertiary/aromatic N) is 3. The summed E-state index contributed by atoms with van der Waals surface area (Å²) in [5.74, 6) is 0. The minimum atomic E-state index is 0.926. The largest absolute Gasteiger partial charge is 0.301 e. The summed E-state index contributed by atoms with van der Waals surface area (Å²) in [4.78, 5) is 9.47. The van der Waals surface area contributed by atoms with Crippen LogP contribution in [-0.2, 0) is 6.54 Å². The number of likely N-dealkylation sites (N-methyl/N-ethyl adjacent to an activating group) is 1. The van der Waals surface area contributed by atoms with Crippen LogP contribution in [-0.4, -0.2) is 47.5 Å². The van der Waals surface area contributed by atoms with E-state index in [4.69, 9.17) is 0 Å². The number of pyridine rings is 1. The third kappa shape index (κ3) is 3.50. The van der Waals surface area contributed by atoms with Gasteiger partial charge in [0.05, 0.1) is 0 Å². The van der Waals surface area contributed by atoms with E-state index in [2.05, 4.69) is 50.6 Å². The van der Waals surface area contributed by atoms with Gasteiger partial charge in [-0.25, -0.2) is 4.98 Å². The molecule has 1 saturated heterocycles. The molecule has 1 aliphatic rings. The van der Waals surface area contributed by atoms with Crippen molar-refractivity contribution in [3.63, 3.8) is 0 Å². The summed E-state index contributed by atoms with van der Waals surface area (Å²) in [5, 5.41) is 0. The van der Waals surface area contributed by atoms with Gasteiger partial charge in [0.2, 0.25) is 0 Å². The summed E-state index contributed by atoms with van der Waals surface area (Å²) in [6.07, 6.45) is 0. The number of aromatic nitrogens is 1. The highest BCUT2D eigenvalue weighted by Gasteiger charge is 2.16. The van der Waals surface area contributed by atoms with Crippen LogP contribution in [0.25, 0.3) is 0 Å². The molecule has 2 rings (SSSR count). The first-order valence-electron chi connectivity index (χ1n) is 6.25. The Hall–Kier alpha value is -0.450. The van der Waals surface area contributed by atoms with E-state index < -0.39 is 0 Å². The first kappa shape index (κ1) is 13.0. The minimum absolute atomic E-state index is 0.926. The molecule has 1 fully saturated rings. The van der Waals surface area contributed by atoms with Crippen LogP contribution < -0.4 is 0 Å². The van der Waals surface area contributed by atoms with Crippen molar-refractivity contribution in [2.75, 3.05) is 32.7 Å². The summed E-state index contributed by atoms with van der Waals surface area (Å²) < 4.78 is 0.926. The second-order valence-electron chi connectivity index (χ2n) is 4.59. The van der Waals surface area contributed by atoms with E-state index in [1.54, 1.807) is 0 Å². The highest BCUT2D eigenvalue weighted by atomic mass is 79.9. The topological polar surface area (TPSA) is 19.4 Å². The molecule has 0 aromatic carbocycles. The van der Waals surface area contributed by atoms with Gasteiger partial charge in [-0.1, -0.05) is 13.0 Å². The molecule has 94 valence electrons. The van der Waals surface area contributed by atoms with Gasteiger partial charge in [0.1, 0.15) is 4.60 Å². The van der Waals surface area contributed by atoms with E-state index in [-0.39, 0.29) is 0 Å². The van der Waals surface area contributed by atoms with Crippen molar-refractivity contribution in [3.8, 4) is 0 Å². The molecule has 0 radical (unpaired) electrons. The van der Waals surface area contributed by atoms with Crippen LogP contribution in [0.4, 0.5) is 0 Å². The van der Waals surface area contributed by atoms with Crippen LogP contribution in [0.15, 0.2) is 16.7 Å². The van der Waals surface area contributed by atoms with E-state index in [1.165, 1.54) is 38.3 Å². The van der Waals surface area contributed by atoms with Crippen molar-refractivity contribution < 1.29 is 0 Å². The van der Waals surface area contributed by atoms with Crippen molar-refractivity contribution in [1.82, 2.24) is 14.8 Å². The average molecular weight is 298 g/mol. The molecule has 1 aliphatic heterocycles. The Morgan fingerprint density at radius 2 is 1.82 bits per heavy atom. The fourth-order valence-electron chi connectivity index (χ4n) is 2.23. The second-order valence-corrected chi connectivity index (χ2v) is 5.40. The van der Waals surface area contributed by atoms with E-state index in [1.807, 2.05) is 6.07 Å². The van der Waals surface area contributed by atoms with Crippen LogP contribution in [0.3, 0.4) is 0 Å². The first-order chi connectivity index (χ1) is 8.19. The maximum Gasteiger partial charge on any atom is 0.106 e. The molecule has 0 bridgehead atoms. The number of piperazine rings is 1. The number of rotatable bonds is 3. The molecule has 0 N–H and O–H groups in total. The molecule has 0 saturated carbocycles. The molecule has 2 heterocycles. The Bertz CT molecular complexity index is 373. The molecule has 0 atom stereocenters. The number of aryl methyl sites for hydroxylation is 1. The minimum Gasteiger partial charge on any atom is -0.301 e. The van der Waals surface area contributed by atoms with Crippen LogP contribution >= 0.6 is 15.9 Å². The van der Waals surface area contributed by atoms with Gasteiger partial charge >= 0.3 is 0 Å². The Labute approximate surface area is 112 Å². The number of hydrogen-bond donors (Lipinski definition) is 0. The monoisotopic (exact) mass is 297 g/mol. The smallest absolute Gasteiger partial charge is 0.106 e. The third-order valence-corrected chi connectivity index (χ3v) is 3.91. The predicted molar refractivity (Wildman–Crippen MR) is 74.1 cm³/mol. The highest BCUT2D eigenvalue weighted by molar-refractivity contribution is 9.10. The van der Waals surface area contributed by atoms with Gasteiger partial charge in [0.15, 0.2) is 0 Å². The van der Waals surface area contributed by atoms with Crippen molar-refractivity contribution in [3.05, 3.63) is 28.0 Å². The van der Waals surface area contributed by atoms with Gasteiger partial charge in [-0.05, 0) is 41.0 Å². The zero-order valence-corrected chi connectivity index (χ0v) is 12.2. The maximum atomic E-state index is 4.45. The summed E-state index contributed by atoms with van der Waals surface area (Å²) >= 11 is 3.41. The number of hydrogen-bond acceptors (Lipinski definition) is 3. The molecule has 1 aromatic heterocycles. The van der Waals surface area contributed by atoms with Crippen molar-refractivity contribution in [2.45, 2.75) is 20.4 Å². The quantitative estimate of drug-likeness (QED) is 0.798. The van der Waals surface area contributed by atoms with Gasteiger partial charge in [-0.15, -0.1) is 0 Å². The second kappa shape index (κ2) is 5.94. The summed E-state index contributed by atoms with van der Waals surface area (Å²) in [7, 11) is 0. The van der Waals surface area contributed by atoms with Crippen LogP contribution in [0, 0.1) is 6.92 Å². The summed E-state index contributed by atoms with van der Waals surface area (Å²) in [6, 6.07) is 4.21. The van der Waals surface area contributed by atoms with Crippen LogP contribution in [0.1, 0.15) is 18.2 Å². The summed E-state index contributed by atoms with van der Waals surface area (Å²) in [5.41, 5.74) is 2.48. The molecular formula is C13H20BrN3. The molecule has 0 unspecified atom stereocenters. The van der Waals surface area contributed by atoms with Crippen LogP contribution in [0.2, 0.25) is 0 Å². The Morgan fingerprint density at radius 1 is 1.18 bits per heavy atom. The van der Waals surface area contributed by atoms with Crippen molar-refractivity contribution in [1.29, 1.82) is 0 Å². The van der Waals surface area contributed by atoms with Gasteiger partial charge < -0.3 is 4.90 Å². The fourth-order valence-corrected chi connectivity index (χ4v) is 2.63. The zero-order chi connectivity index (χ0) is 12.3. The lowest BCUT2D eigenvalue weighted by Gasteiger charge is -2.34. The van der Waals surface area contributed by atoms with Crippen molar-refractivity contribution >= 4 is 15.9 Å². The molecule has 4 heteroatoms. The average Bonchev–Trinajstić information content (AvgIpc) is 2.34. The van der Waals surface area contributed by atoms with Gasteiger partial charge in [0, 0.05) is 38.4 Å². The molecule has 0 aliphatic carbocycles. The lowest BCUT2D eigenvalue weighted by Crippen LogP contribution is -2.45. The van der Waals surface area contributed by atoms with Gasteiger partial charge in [-0.2, -0.15) is 0 Å². The lowest BCUT2D eigenvalue weighted by atomic mass is 10.2. The van der Waals surface area contributed by atoms with E-state index in [0.29, 0.717) is 0 Å². The molecule has 0 spiro atoms.